The van der Waals surface area contributed by atoms with Crippen LogP contribution < -0.4 is 24.7 Å². The average molecular weight is 491 g/mol. The maximum atomic E-state index is 13.7. The fourth-order valence-corrected chi connectivity index (χ4v) is 5.13. The van der Waals surface area contributed by atoms with Crippen LogP contribution in [0.25, 0.3) is 6.08 Å². The second-order valence-corrected chi connectivity index (χ2v) is 9.78. The zero-order valence-corrected chi connectivity index (χ0v) is 21.7. The molecule has 182 valence electrons. The Balaban J connectivity index is 1.88. The number of hydrogen-bond acceptors (Lipinski definition) is 7. The lowest BCUT2D eigenvalue weighted by molar-refractivity contribution is -0.139. The normalized spacial score (nSPS) is 15.5. The van der Waals surface area contributed by atoms with Gasteiger partial charge in [-0.05, 0) is 55.3 Å². The fraction of sp³-hybridized carbons (Fsp3) is 0.296. The Kier molecular flexibility index (Phi) is 6.93. The number of rotatable bonds is 6. The Hall–Kier alpha value is -3.65. The van der Waals surface area contributed by atoms with Crippen molar-refractivity contribution in [2.75, 3.05) is 44.6 Å². The molecule has 1 aromatic heterocycles. The summed E-state index contributed by atoms with van der Waals surface area (Å²) in [6, 6.07) is 15.3. The molecule has 1 aliphatic rings. The van der Waals surface area contributed by atoms with Crippen LogP contribution in [0.3, 0.4) is 0 Å². The first-order chi connectivity index (χ1) is 16.7. The number of benzene rings is 2. The first kappa shape index (κ1) is 24.5. The number of nitrogens with zero attached hydrogens (tertiary/aromatic N) is 4. The standard InChI is InChI=1S/C27H30N4O3S/c1-7-34-26(33)23-17(2)28-27-31(24(23)19-10-14-21(15-11-19)30(5)6)25(32)22(35-27)16-18-8-12-20(13-9-18)29(3)4/h8-16,24H,7H2,1-6H3. The van der Waals surface area contributed by atoms with E-state index in [0.29, 0.717) is 20.6 Å². The molecule has 0 amide bonds. The van der Waals surface area contributed by atoms with Crippen LogP contribution in [-0.4, -0.2) is 45.3 Å². The maximum absolute atomic E-state index is 13.7. The van der Waals surface area contributed by atoms with E-state index in [1.807, 2.05) is 92.6 Å². The summed E-state index contributed by atoms with van der Waals surface area (Å²) in [5, 5.41) is 0. The molecule has 0 saturated carbocycles. The Bertz CT molecular complexity index is 1450. The Morgan fingerprint density at radius 2 is 1.60 bits per heavy atom. The van der Waals surface area contributed by atoms with Crippen molar-refractivity contribution in [1.29, 1.82) is 0 Å². The lowest BCUT2D eigenvalue weighted by atomic mass is 9.95. The number of anilines is 2. The minimum atomic E-state index is -0.611. The summed E-state index contributed by atoms with van der Waals surface area (Å²) in [5.41, 5.74) is 4.64. The third-order valence-electron chi connectivity index (χ3n) is 5.95. The van der Waals surface area contributed by atoms with Crippen molar-refractivity contribution in [3.63, 3.8) is 0 Å². The summed E-state index contributed by atoms with van der Waals surface area (Å²) in [7, 11) is 7.91. The van der Waals surface area contributed by atoms with E-state index in [2.05, 4.69) is 4.99 Å². The van der Waals surface area contributed by atoms with Crippen molar-refractivity contribution in [1.82, 2.24) is 4.57 Å². The predicted octanol–water partition coefficient (Wildman–Crippen LogP) is 2.93. The molecule has 0 spiro atoms. The molecule has 35 heavy (non-hydrogen) atoms. The molecule has 0 bridgehead atoms. The van der Waals surface area contributed by atoms with Gasteiger partial charge in [-0.2, -0.15) is 0 Å². The van der Waals surface area contributed by atoms with Crippen LogP contribution in [0, 0.1) is 0 Å². The SMILES string of the molecule is CCOC(=O)C1=C(C)N=c2sc(=Cc3ccc(N(C)C)cc3)c(=O)n2C1c1ccc(N(C)C)cc1. The van der Waals surface area contributed by atoms with Gasteiger partial charge >= 0.3 is 5.97 Å². The number of hydrogen-bond donors (Lipinski definition) is 0. The molecule has 1 aliphatic heterocycles. The van der Waals surface area contributed by atoms with E-state index in [9.17, 15) is 9.59 Å². The van der Waals surface area contributed by atoms with E-state index in [-0.39, 0.29) is 12.2 Å². The highest BCUT2D eigenvalue weighted by atomic mass is 32.1. The van der Waals surface area contributed by atoms with E-state index in [0.717, 1.165) is 22.5 Å². The first-order valence-corrected chi connectivity index (χ1v) is 12.3. The van der Waals surface area contributed by atoms with Crippen LogP contribution in [0.1, 0.15) is 31.0 Å². The Labute approximate surface area is 208 Å². The molecule has 0 radical (unpaired) electrons. The minimum Gasteiger partial charge on any atom is -0.463 e. The maximum Gasteiger partial charge on any atom is 0.338 e. The summed E-state index contributed by atoms with van der Waals surface area (Å²) < 4.78 is 7.55. The van der Waals surface area contributed by atoms with Crippen molar-refractivity contribution in [2.24, 2.45) is 4.99 Å². The Morgan fingerprint density at radius 3 is 2.14 bits per heavy atom. The molecule has 1 unspecified atom stereocenters. The van der Waals surface area contributed by atoms with Gasteiger partial charge in [-0.3, -0.25) is 9.36 Å². The summed E-state index contributed by atoms with van der Waals surface area (Å²) in [6.45, 7) is 3.81. The lowest BCUT2D eigenvalue weighted by Gasteiger charge is -2.25. The number of allylic oxidation sites excluding steroid dienone is 1. The van der Waals surface area contributed by atoms with Gasteiger partial charge in [0.2, 0.25) is 0 Å². The minimum absolute atomic E-state index is 0.179. The highest BCUT2D eigenvalue weighted by molar-refractivity contribution is 7.07. The molecule has 3 aromatic rings. The average Bonchev–Trinajstić information content (AvgIpc) is 3.13. The van der Waals surface area contributed by atoms with Crippen molar-refractivity contribution < 1.29 is 9.53 Å². The van der Waals surface area contributed by atoms with Gasteiger partial charge in [0, 0.05) is 39.6 Å². The fourth-order valence-electron chi connectivity index (χ4n) is 4.08. The molecular formula is C27H30N4O3S. The van der Waals surface area contributed by atoms with Crippen LogP contribution >= 0.6 is 11.3 Å². The molecule has 0 saturated heterocycles. The number of aromatic nitrogens is 1. The Morgan fingerprint density at radius 1 is 1.03 bits per heavy atom. The highest BCUT2D eigenvalue weighted by Gasteiger charge is 2.33. The predicted molar refractivity (Wildman–Crippen MR) is 142 cm³/mol. The van der Waals surface area contributed by atoms with Crippen LogP contribution in [0.2, 0.25) is 0 Å². The first-order valence-electron chi connectivity index (χ1n) is 11.5. The summed E-state index contributed by atoms with van der Waals surface area (Å²) >= 11 is 1.33. The van der Waals surface area contributed by atoms with Crippen LogP contribution in [0.15, 0.2) is 69.6 Å². The molecule has 2 aromatic carbocycles. The van der Waals surface area contributed by atoms with Crippen LogP contribution in [0.5, 0.6) is 0 Å². The van der Waals surface area contributed by atoms with Gasteiger partial charge in [0.1, 0.15) is 0 Å². The second kappa shape index (κ2) is 9.92. The third kappa shape index (κ3) is 4.79. The largest absolute Gasteiger partial charge is 0.463 e. The van der Waals surface area contributed by atoms with E-state index < -0.39 is 12.0 Å². The van der Waals surface area contributed by atoms with E-state index in [4.69, 9.17) is 4.74 Å². The van der Waals surface area contributed by atoms with E-state index >= 15 is 0 Å². The van der Waals surface area contributed by atoms with Gasteiger partial charge in [0.25, 0.3) is 5.56 Å². The number of carbonyl (C=O) groups is 1. The summed E-state index contributed by atoms with van der Waals surface area (Å²) in [6.07, 6.45) is 1.87. The van der Waals surface area contributed by atoms with Gasteiger partial charge in [-0.25, -0.2) is 9.79 Å². The van der Waals surface area contributed by atoms with Crippen LogP contribution in [-0.2, 0) is 9.53 Å². The number of esters is 1. The lowest BCUT2D eigenvalue weighted by Crippen LogP contribution is -2.39. The molecule has 0 aliphatic carbocycles. The van der Waals surface area contributed by atoms with E-state index in [1.165, 1.54) is 11.3 Å². The van der Waals surface area contributed by atoms with Crippen molar-refractivity contribution in [3.05, 3.63) is 90.6 Å². The van der Waals surface area contributed by atoms with Gasteiger partial charge in [0.15, 0.2) is 4.80 Å². The number of carbonyl (C=O) groups excluding carboxylic acids is 1. The van der Waals surface area contributed by atoms with E-state index in [1.54, 1.807) is 18.4 Å². The monoisotopic (exact) mass is 490 g/mol. The molecule has 4 rings (SSSR count). The zero-order chi connectivity index (χ0) is 25.3. The van der Waals surface area contributed by atoms with Gasteiger partial charge in [0.05, 0.1) is 28.5 Å². The topological polar surface area (TPSA) is 67.1 Å². The third-order valence-corrected chi connectivity index (χ3v) is 6.93. The van der Waals surface area contributed by atoms with Gasteiger partial charge in [-0.15, -0.1) is 0 Å². The van der Waals surface area contributed by atoms with Gasteiger partial charge in [-0.1, -0.05) is 35.6 Å². The highest BCUT2D eigenvalue weighted by Crippen LogP contribution is 2.31. The molecule has 0 N–H and O–H groups in total. The van der Waals surface area contributed by atoms with Gasteiger partial charge < -0.3 is 14.5 Å². The number of thiazole rings is 1. The smallest absolute Gasteiger partial charge is 0.338 e. The molecule has 1 atom stereocenters. The summed E-state index contributed by atoms with van der Waals surface area (Å²) in [5.74, 6) is -0.455. The molecule has 8 heteroatoms. The quantitative estimate of drug-likeness (QED) is 0.497. The summed E-state index contributed by atoms with van der Waals surface area (Å²) in [4.78, 5) is 35.9. The number of fused-ring (bicyclic) bond motifs is 1. The molecule has 2 heterocycles. The van der Waals surface area contributed by atoms with Crippen molar-refractivity contribution >= 4 is 34.8 Å². The van der Waals surface area contributed by atoms with Crippen LogP contribution in [0.4, 0.5) is 11.4 Å². The number of ether oxygens (including phenoxy) is 1. The molecule has 7 nitrogen and oxygen atoms in total. The molecular weight excluding hydrogens is 460 g/mol. The zero-order valence-electron chi connectivity index (χ0n) is 20.9. The molecule has 0 fully saturated rings. The second-order valence-electron chi connectivity index (χ2n) is 8.77. The van der Waals surface area contributed by atoms with Crippen molar-refractivity contribution in [2.45, 2.75) is 19.9 Å². The van der Waals surface area contributed by atoms with Crippen molar-refractivity contribution in [3.8, 4) is 0 Å².